The van der Waals surface area contributed by atoms with Crippen LogP contribution in [0.25, 0.3) is 0 Å². The molecule has 0 N–H and O–H groups in total. The highest BCUT2D eigenvalue weighted by Crippen LogP contribution is 2.23. The van der Waals surface area contributed by atoms with Crippen LogP contribution in [0.15, 0.2) is 34.9 Å². The topological polar surface area (TPSA) is 67.4 Å². The van der Waals surface area contributed by atoms with E-state index in [0.717, 1.165) is 61.9 Å². The first-order chi connectivity index (χ1) is 14.1. The van der Waals surface area contributed by atoms with E-state index in [4.69, 9.17) is 4.52 Å². The highest BCUT2D eigenvalue weighted by molar-refractivity contribution is 5.92. The van der Waals surface area contributed by atoms with E-state index in [1.807, 2.05) is 35.6 Å². The Morgan fingerprint density at radius 2 is 1.93 bits per heavy atom. The van der Waals surface area contributed by atoms with Crippen LogP contribution in [0.1, 0.15) is 44.3 Å². The second-order valence-corrected chi connectivity index (χ2v) is 8.00. The van der Waals surface area contributed by atoms with Crippen molar-refractivity contribution < 1.29 is 9.32 Å². The maximum atomic E-state index is 13.1. The third kappa shape index (κ3) is 3.35. The zero-order chi connectivity index (χ0) is 20.0. The third-order valence-corrected chi connectivity index (χ3v) is 6.08. The summed E-state index contributed by atoms with van der Waals surface area (Å²) in [5.41, 5.74) is 6.32. The molecule has 2 aliphatic rings. The van der Waals surface area contributed by atoms with Crippen molar-refractivity contribution in [2.75, 3.05) is 13.1 Å². The number of hydrogen-bond donors (Lipinski definition) is 0. The van der Waals surface area contributed by atoms with Crippen LogP contribution < -0.4 is 0 Å². The second-order valence-electron chi connectivity index (χ2n) is 8.00. The van der Waals surface area contributed by atoms with Crippen LogP contribution in [0.4, 0.5) is 0 Å². The van der Waals surface area contributed by atoms with E-state index in [1.165, 1.54) is 11.1 Å². The summed E-state index contributed by atoms with van der Waals surface area (Å²) in [5, 5.41) is 8.67. The lowest BCUT2D eigenvalue weighted by Crippen LogP contribution is -2.36. The van der Waals surface area contributed by atoms with Gasteiger partial charge in [-0.2, -0.15) is 5.10 Å². The van der Waals surface area contributed by atoms with Crippen LogP contribution in [0, 0.1) is 13.8 Å². The van der Waals surface area contributed by atoms with Crippen molar-refractivity contribution in [2.45, 2.75) is 46.4 Å². The first kappa shape index (κ1) is 18.1. The quantitative estimate of drug-likeness (QED) is 0.687. The van der Waals surface area contributed by atoms with Crippen LogP contribution in [0.3, 0.4) is 0 Å². The summed E-state index contributed by atoms with van der Waals surface area (Å²) in [6.45, 7) is 8.60. The minimum absolute atomic E-state index is 0.0266. The van der Waals surface area contributed by atoms with Crippen molar-refractivity contribution in [2.24, 2.45) is 0 Å². The summed E-state index contributed by atoms with van der Waals surface area (Å²) in [6.07, 6.45) is 0.903. The number of hydrogen-bond acceptors (Lipinski definition) is 5. The molecule has 7 nitrogen and oxygen atoms in total. The predicted octanol–water partition coefficient (Wildman–Crippen LogP) is 2.70. The number of nitrogens with zero attached hydrogens (tertiary/aromatic N) is 5. The van der Waals surface area contributed by atoms with Gasteiger partial charge in [0.05, 0.1) is 17.9 Å². The van der Waals surface area contributed by atoms with E-state index in [-0.39, 0.29) is 5.91 Å². The van der Waals surface area contributed by atoms with E-state index in [9.17, 15) is 4.79 Å². The van der Waals surface area contributed by atoms with Gasteiger partial charge in [-0.1, -0.05) is 29.4 Å². The predicted molar refractivity (Wildman–Crippen MR) is 107 cm³/mol. The van der Waals surface area contributed by atoms with Gasteiger partial charge in [0.2, 0.25) is 0 Å². The van der Waals surface area contributed by atoms with Crippen LogP contribution in [0.5, 0.6) is 0 Å². The normalized spacial score (nSPS) is 16.6. The third-order valence-electron chi connectivity index (χ3n) is 6.08. The summed E-state index contributed by atoms with van der Waals surface area (Å²) in [6, 6.07) is 10.3. The first-order valence-electron chi connectivity index (χ1n) is 10.2. The van der Waals surface area contributed by atoms with Crippen LogP contribution in [-0.4, -0.2) is 43.7 Å². The van der Waals surface area contributed by atoms with Crippen molar-refractivity contribution in [1.29, 1.82) is 0 Å². The first-order valence-corrected chi connectivity index (χ1v) is 10.2. The summed E-state index contributed by atoms with van der Waals surface area (Å²) in [7, 11) is 0. The van der Waals surface area contributed by atoms with E-state index < -0.39 is 0 Å². The second kappa shape index (κ2) is 7.15. The molecule has 0 spiro atoms. The maximum Gasteiger partial charge on any atom is 0.274 e. The zero-order valence-corrected chi connectivity index (χ0v) is 16.9. The lowest BCUT2D eigenvalue weighted by molar-refractivity contribution is 0.0727. The van der Waals surface area contributed by atoms with Gasteiger partial charge in [0.15, 0.2) is 5.69 Å². The summed E-state index contributed by atoms with van der Waals surface area (Å²) >= 11 is 0. The van der Waals surface area contributed by atoms with Crippen LogP contribution >= 0.6 is 0 Å². The van der Waals surface area contributed by atoms with Gasteiger partial charge in [0, 0.05) is 38.3 Å². The molecule has 0 atom stereocenters. The SMILES string of the molecule is Cc1noc(C)c1CN1CCn2nc(C(=O)N3CCc4ccccc4C3)cc2C1. The van der Waals surface area contributed by atoms with Gasteiger partial charge in [0.1, 0.15) is 5.76 Å². The molecule has 2 aliphatic heterocycles. The Kier molecular flexibility index (Phi) is 4.47. The summed E-state index contributed by atoms with van der Waals surface area (Å²) in [5.74, 6) is 0.904. The Balaban J connectivity index is 1.30. The molecule has 5 rings (SSSR count). The Morgan fingerprint density at radius 3 is 2.72 bits per heavy atom. The molecule has 0 bridgehead atoms. The van der Waals surface area contributed by atoms with Crippen molar-refractivity contribution in [3.8, 4) is 0 Å². The van der Waals surface area contributed by atoms with E-state index in [0.29, 0.717) is 12.2 Å². The molecule has 0 fully saturated rings. The minimum Gasteiger partial charge on any atom is -0.361 e. The highest BCUT2D eigenvalue weighted by atomic mass is 16.5. The number of carbonyl (C=O) groups excluding carboxylic acids is 1. The smallest absolute Gasteiger partial charge is 0.274 e. The number of carbonyl (C=O) groups is 1. The van der Waals surface area contributed by atoms with Crippen molar-refractivity contribution in [3.63, 3.8) is 0 Å². The molecule has 0 radical (unpaired) electrons. The van der Waals surface area contributed by atoms with E-state index in [2.05, 4.69) is 33.4 Å². The lowest BCUT2D eigenvalue weighted by Gasteiger charge is -2.28. The average Bonchev–Trinajstić information content (AvgIpc) is 3.31. The van der Waals surface area contributed by atoms with Crippen molar-refractivity contribution in [3.05, 3.63) is 69.9 Å². The van der Waals surface area contributed by atoms with Gasteiger partial charge in [-0.05, 0) is 37.5 Å². The number of aromatic nitrogens is 3. The fourth-order valence-electron chi connectivity index (χ4n) is 4.34. The molecular weight excluding hydrogens is 366 g/mol. The number of benzene rings is 1. The number of fused-ring (bicyclic) bond motifs is 2. The lowest BCUT2D eigenvalue weighted by atomic mass is 10.00. The molecule has 0 unspecified atom stereocenters. The van der Waals surface area contributed by atoms with Gasteiger partial charge in [-0.15, -0.1) is 0 Å². The molecular formula is C22H25N5O2. The average molecular weight is 391 g/mol. The number of aryl methyl sites for hydroxylation is 2. The Labute approximate surface area is 169 Å². The van der Waals surface area contributed by atoms with Crippen LogP contribution in [0.2, 0.25) is 0 Å². The molecule has 0 aliphatic carbocycles. The van der Waals surface area contributed by atoms with Crippen molar-refractivity contribution in [1.82, 2.24) is 24.7 Å². The van der Waals surface area contributed by atoms with Crippen LogP contribution in [-0.2, 0) is 32.6 Å². The standard InChI is InChI=1S/C22H25N5O2/c1-15-20(16(2)29-24-15)14-25-9-10-27-19(13-25)11-21(23-27)22(28)26-8-7-17-5-3-4-6-18(17)12-26/h3-6,11H,7-10,12-14H2,1-2H3. The van der Waals surface area contributed by atoms with Gasteiger partial charge in [-0.3, -0.25) is 14.4 Å². The Bertz CT molecular complexity index is 1050. The molecule has 150 valence electrons. The van der Waals surface area contributed by atoms with Gasteiger partial charge in [0.25, 0.3) is 5.91 Å². The molecule has 4 heterocycles. The minimum atomic E-state index is 0.0266. The molecule has 1 amide bonds. The van der Waals surface area contributed by atoms with E-state index >= 15 is 0 Å². The number of rotatable bonds is 3. The molecule has 7 heteroatoms. The Morgan fingerprint density at radius 1 is 1.10 bits per heavy atom. The molecule has 2 aromatic heterocycles. The largest absolute Gasteiger partial charge is 0.361 e. The van der Waals surface area contributed by atoms with Gasteiger partial charge < -0.3 is 9.42 Å². The summed E-state index contributed by atoms with van der Waals surface area (Å²) < 4.78 is 7.27. The molecule has 0 saturated heterocycles. The van der Waals surface area contributed by atoms with Crippen molar-refractivity contribution >= 4 is 5.91 Å². The van der Waals surface area contributed by atoms with Gasteiger partial charge in [-0.25, -0.2) is 0 Å². The zero-order valence-electron chi connectivity index (χ0n) is 16.9. The monoisotopic (exact) mass is 391 g/mol. The maximum absolute atomic E-state index is 13.1. The molecule has 29 heavy (non-hydrogen) atoms. The Hall–Kier alpha value is -2.93. The highest BCUT2D eigenvalue weighted by Gasteiger charge is 2.27. The van der Waals surface area contributed by atoms with Gasteiger partial charge >= 0.3 is 0 Å². The summed E-state index contributed by atoms with van der Waals surface area (Å²) in [4.78, 5) is 17.3. The van der Waals surface area contributed by atoms with E-state index in [1.54, 1.807) is 0 Å². The molecule has 1 aromatic carbocycles. The fraction of sp³-hybridized carbons (Fsp3) is 0.409. The fourth-order valence-corrected chi connectivity index (χ4v) is 4.34. The molecule has 0 saturated carbocycles. The number of amides is 1. The molecule has 3 aromatic rings.